The van der Waals surface area contributed by atoms with Gasteiger partial charge in [-0.05, 0) is 25.1 Å². The molecule has 6 nitrogen and oxygen atoms in total. The molecule has 1 aromatic carbocycles. The average molecular weight is 326 g/mol. The number of carboxylic acid groups (broad SMARTS) is 1. The molecule has 0 fully saturated rings. The minimum Gasteiger partial charge on any atom is -0.485 e. The van der Waals surface area contributed by atoms with Crippen molar-refractivity contribution in [3.63, 3.8) is 0 Å². The molecule has 2 aromatic rings. The first kappa shape index (κ1) is 13.5. The molecule has 0 bridgehead atoms. The van der Waals surface area contributed by atoms with E-state index in [1.807, 2.05) is 14.0 Å². The van der Waals surface area contributed by atoms with Gasteiger partial charge in [0.2, 0.25) is 0 Å². The SMILES string of the molecule is Cc1nnc(COc2cc(Br)ccc2C(=O)O)n1C. The number of ether oxygens (including phenoxy) is 1. The highest BCUT2D eigenvalue weighted by molar-refractivity contribution is 9.10. The number of rotatable bonds is 4. The van der Waals surface area contributed by atoms with Crippen LogP contribution in [0.5, 0.6) is 5.75 Å². The van der Waals surface area contributed by atoms with Crippen molar-refractivity contribution >= 4 is 21.9 Å². The van der Waals surface area contributed by atoms with Crippen LogP contribution in [0.4, 0.5) is 0 Å². The van der Waals surface area contributed by atoms with Gasteiger partial charge in [0.15, 0.2) is 5.82 Å². The molecule has 0 saturated heterocycles. The van der Waals surface area contributed by atoms with Crippen LogP contribution in [0.15, 0.2) is 22.7 Å². The Kier molecular flexibility index (Phi) is 3.84. The molecular weight excluding hydrogens is 314 g/mol. The van der Waals surface area contributed by atoms with Crippen molar-refractivity contribution in [2.45, 2.75) is 13.5 Å². The zero-order valence-corrected chi connectivity index (χ0v) is 12.0. The van der Waals surface area contributed by atoms with Crippen molar-refractivity contribution in [1.29, 1.82) is 0 Å². The van der Waals surface area contributed by atoms with Gasteiger partial charge in [-0.2, -0.15) is 0 Å². The maximum atomic E-state index is 11.1. The fourth-order valence-corrected chi connectivity index (χ4v) is 1.85. The van der Waals surface area contributed by atoms with Crippen LogP contribution < -0.4 is 4.74 Å². The summed E-state index contributed by atoms with van der Waals surface area (Å²) < 4.78 is 8.07. The molecule has 1 aromatic heterocycles. The summed E-state index contributed by atoms with van der Waals surface area (Å²) >= 11 is 3.28. The van der Waals surface area contributed by atoms with Crippen LogP contribution in [0.25, 0.3) is 0 Å². The van der Waals surface area contributed by atoms with E-state index in [0.717, 1.165) is 10.3 Å². The zero-order valence-electron chi connectivity index (χ0n) is 10.4. The molecule has 1 N–H and O–H groups in total. The predicted molar refractivity (Wildman–Crippen MR) is 71.2 cm³/mol. The minimum atomic E-state index is -1.03. The maximum Gasteiger partial charge on any atom is 0.339 e. The van der Waals surface area contributed by atoms with Crippen LogP contribution in [0.3, 0.4) is 0 Å². The number of carboxylic acids is 1. The van der Waals surface area contributed by atoms with Crippen LogP contribution >= 0.6 is 15.9 Å². The van der Waals surface area contributed by atoms with Crippen LogP contribution in [-0.4, -0.2) is 25.8 Å². The molecular formula is C12H12BrN3O3. The third-order valence-electron chi connectivity index (χ3n) is 2.71. The smallest absolute Gasteiger partial charge is 0.339 e. The van der Waals surface area contributed by atoms with Gasteiger partial charge < -0.3 is 14.4 Å². The molecule has 0 radical (unpaired) electrons. The van der Waals surface area contributed by atoms with Crippen LogP contribution in [0, 0.1) is 6.92 Å². The number of hydrogen-bond donors (Lipinski definition) is 1. The normalized spacial score (nSPS) is 10.5. The fraction of sp³-hybridized carbons (Fsp3) is 0.250. The monoisotopic (exact) mass is 325 g/mol. The lowest BCUT2D eigenvalue weighted by Crippen LogP contribution is -2.07. The molecule has 0 aliphatic rings. The molecule has 0 spiro atoms. The molecule has 100 valence electrons. The predicted octanol–water partition coefficient (Wildman–Crippen LogP) is 2.16. The number of benzene rings is 1. The Balaban J connectivity index is 2.21. The minimum absolute atomic E-state index is 0.113. The van der Waals surface area contributed by atoms with E-state index in [-0.39, 0.29) is 12.2 Å². The average Bonchev–Trinajstić information content (AvgIpc) is 2.67. The lowest BCUT2D eigenvalue weighted by molar-refractivity contribution is 0.0691. The van der Waals surface area contributed by atoms with E-state index in [0.29, 0.717) is 11.6 Å². The Morgan fingerprint density at radius 1 is 1.47 bits per heavy atom. The largest absolute Gasteiger partial charge is 0.485 e. The summed E-state index contributed by atoms with van der Waals surface area (Å²) in [6.45, 7) is 1.99. The van der Waals surface area contributed by atoms with Crippen molar-refractivity contribution in [1.82, 2.24) is 14.8 Å². The number of nitrogens with zero attached hydrogens (tertiary/aromatic N) is 3. The molecule has 2 rings (SSSR count). The van der Waals surface area contributed by atoms with E-state index >= 15 is 0 Å². The van der Waals surface area contributed by atoms with Gasteiger partial charge in [-0.3, -0.25) is 0 Å². The van der Waals surface area contributed by atoms with Gasteiger partial charge in [0.1, 0.15) is 23.7 Å². The summed E-state index contributed by atoms with van der Waals surface area (Å²) in [7, 11) is 1.83. The van der Waals surface area contributed by atoms with E-state index in [4.69, 9.17) is 9.84 Å². The Bertz CT molecular complexity index is 625. The summed E-state index contributed by atoms with van der Waals surface area (Å²) in [6.07, 6.45) is 0. The molecule has 0 aliphatic heterocycles. The molecule has 0 unspecified atom stereocenters. The number of halogens is 1. The van der Waals surface area contributed by atoms with Crippen molar-refractivity contribution < 1.29 is 14.6 Å². The second-order valence-electron chi connectivity index (χ2n) is 3.96. The van der Waals surface area contributed by atoms with Gasteiger partial charge in [-0.1, -0.05) is 15.9 Å². The van der Waals surface area contributed by atoms with Crippen LogP contribution in [-0.2, 0) is 13.7 Å². The topological polar surface area (TPSA) is 77.2 Å². The summed E-state index contributed by atoms with van der Waals surface area (Å²) in [6, 6.07) is 4.76. The Morgan fingerprint density at radius 2 is 2.21 bits per heavy atom. The van der Waals surface area contributed by atoms with Crippen LogP contribution in [0.1, 0.15) is 22.0 Å². The van der Waals surface area contributed by atoms with Gasteiger partial charge in [0.05, 0.1) is 0 Å². The highest BCUT2D eigenvalue weighted by Crippen LogP contribution is 2.24. The van der Waals surface area contributed by atoms with Gasteiger partial charge in [-0.25, -0.2) is 4.79 Å². The maximum absolute atomic E-state index is 11.1. The summed E-state index contributed by atoms with van der Waals surface area (Å²) in [5.74, 6) is 0.666. The van der Waals surface area contributed by atoms with Crippen molar-refractivity contribution in [3.8, 4) is 5.75 Å². The van der Waals surface area contributed by atoms with Gasteiger partial charge in [-0.15, -0.1) is 10.2 Å². The Morgan fingerprint density at radius 3 is 2.79 bits per heavy atom. The highest BCUT2D eigenvalue weighted by Gasteiger charge is 2.13. The van der Waals surface area contributed by atoms with Crippen molar-refractivity contribution in [2.24, 2.45) is 7.05 Å². The van der Waals surface area contributed by atoms with Crippen molar-refractivity contribution in [2.75, 3.05) is 0 Å². The van der Waals surface area contributed by atoms with Crippen LogP contribution in [0.2, 0.25) is 0 Å². The zero-order chi connectivity index (χ0) is 14.0. The van der Waals surface area contributed by atoms with Gasteiger partial charge in [0.25, 0.3) is 0 Å². The second kappa shape index (κ2) is 5.40. The first-order valence-electron chi connectivity index (χ1n) is 5.49. The quantitative estimate of drug-likeness (QED) is 0.932. The first-order valence-corrected chi connectivity index (χ1v) is 6.29. The lowest BCUT2D eigenvalue weighted by atomic mass is 10.2. The molecule has 19 heavy (non-hydrogen) atoms. The molecule has 0 saturated carbocycles. The fourth-order valence-electron chi connectivity index (χ4n) is 1.51. The Labute approximate surface area is 118 Å². The number of aromatic nitrogens is 3. The highest BCUT2D eigenvalue weighted by atomic mass is 79.9. The van der Waals surface area contributed by atoms with Gasteiger partial charge in [0, 0.05) is 11.5 Å². The molecule has 7 heteroatoms. The number of aryl methyl sites for hydroxylation is 1. The molecule has 0 aliphatic carbocycles. The second-order valence-corrected chi connectivity index (χ2v) is 4.87. The number of hydrogen-bond acceptors (Lipinski definition) is 4. The van der Waals surface area contributed by atoms with Gasteiger partial charge >= 0.3 is 5.97 Å². The van der Waals surface area contributed by atoms with E-state index in [2.05, 4.69) is 26.1 Å². The molecule has 1 heterocycles. The summed E-state index contributed by atoms with van der Waals surface area (Å²) in [5, 5.41) is 17.0. The molecule has 0 amide bonds. The number of aromatic carboxylic acids is 1. The van der Waals surface area contributed by atoms with E-state index in [9.17, 15) is 4.79 Å². The van der Waals surface area contributed by atoms with Crippen molar-refractivity contribution in [3.05, 3.63) is 39.9 Å². The standard InChI is InChI=1S/C12H12BrN3O3/c1-7-14-15-11(16(7)2)6-19-10-5-8(13)3-4-9(10)12(17)18/h3-5H,6H2,1-2H3,(H,17,18). The summed E-state index contributed by atoms with van der Waals surface area (Å²) in [4.78, 5) is 11.1. The Hall–Kier alpha value is -1.89. The number of carbonyl (C=O) groups is 1. The third-order valence-corrected chi connectivity index (χ3v) is 3.21. The van der Waals surface area contributed by atoms with E-state index in [1.165, 1.54) is 6.07 Å². The summed E-state index contributed by atoms with van der Waals surface area (Å²) in [5.41, 5.74) is 0.113. The first-order chi connectivity index (χ1) is 8.99. The molecule has 0 atom stereocenters. The third kappa shape index (κ3) is 2.93. The lowest BCUT2D eigenvalue weighted by Gasteiger charge is -2.09. The van der Waals surface area contributed by atoms with E-state index < -0.39 is 5.97 Å². The van der Waals surface area contributed by atoms with E-state index in [1.54, 1.807) is 16.7 Å².